The Morgan fingerprint density at radius 3 is 2.17 bits per heavy atom. The number of sulfonamides is 1. The first-order valence-electron chi connectivity index (χ1n) is 9.61. The van der Waals surface area contributed by atoms with Gasteiger partial charge in [0.15, 0.2) is 0 Å². The first-order chi connectivity index (χ1) is 16.3. The van der Waals surface area contributed by atoms with Crippen LogP contribution < -0.4 is 15.4 Å². The van der Waals surface area contributed by atoms with Crippen molar-refractivity contribution in [2.24, 2.45) is 0 Å². The molecule has 0 fully saturated rings. The summed E-state index contributed by atoms with van der Waals surface area (Å²) in [5.41, 5.74) is -3.44. The Bertz CT molecular complexity index is 1300. The van der Waals surface area contributed by atoms with Gasteiger partial charge >= 0.3 is 18.4 Å². The van der Waals surface area contributed by atoms with Gasteiger partial charge in [-0.1, -0.05) is 6.07 Å². The number of nitrogens with zero attached hydrogens (tertiary/aromatic N) is 1. The van der Waals surface area contributed by atoms with Gasteiger partial charge < -0.3 is 10.6 Å². The smallest absolute Gasteiger partial charge is 0.334 e. The van der Waals surface area contributed by atoms with Crippen LogP contribution in [-0.2, 0) is 28.9 Å². The van der Waals surface area contributed by atoms with E-state index in [0.29, 0.717) is 0 Å². The Hall–Kier alpha value is -3.81. The number of hydrogen-bond acceptors (Lipinski definition) is 4. The number of carbonyl (C=O) groups is 1. The molecule has 0 aliphatic carbocycles. The normalized spacial score (nSPS) is 12.2. The molecule has 2 amide bonds. The van der Waals surface area contributed by atoms with Crippen molar-refractivity contribution < 1.29 is 39.6 Å². The minimum atomic E-state index is -5.11. The molecule has 1 heterocycles. The Labute approximate surface area is 195 Å². The van der Waals surface area contributed by atoms with E-state index in [1.54, 1.807) is 29.2 Å². The van der Waals surface area contributed by atoms with Gasteiger partial charge in [0.1, 0.15) is 0 Å². The SMILES string of the molecule is O=C(NCc1cccnc1)Nc1ccc(S(=O)(=O)Nc2cc(C(F)(F)F)ccc2C(F)(F)F)cc1. The van der Waals surface area contributed by atoms with Gasteiger partial charge in [-0.2, -0.15) is 26.3 Å². The molecule has 14 heteroatoms. The number of alkyl halides is 6. The van der Waals surface area contributed by atoms with E-state index < -0.39 is 50.1 Å². The quantitative estimate of drug-likeness (QED) is 0.389. The molecular formula is C21H16F6N4O3S. The van der Waals surface area contributed by atoms with Crippen molar-refractivity contribution >= 4 is 27.4 Å². The first-order valence-corrected chi connectivity index (χ1v) is 11.1. The second-order valence-electron chi connectivity index (χ2n) is 7.05. The molecule has 0 bridgehead atoms. The number of rotatable bonds is 6. The third kappa shape index (κ3) is 6.85. The van der Waals surface area contributed by atoms with E-state index in [0.717, 1.165) is 29.8 Å². The standard InChI is InChI=1S/C21H16F6N4O3S/c22-20(23,24)14-3-8-17(21(25,26)27)18(10-14)31-35(33,34)16-6-4-15(5-7-16)30-19(32)29-12-13-2-1-9-28-11-13/h1-11,31H,12H2,(H2,29,30,32). The van der Waals surface area contributed by atoms with Crippen molar-refractivity contribution in [1.29, 1.82) is 0 Å². The highest BCUT2D eigenvalue weighted by Gasteiger charge is 2.38. The summed E-state index contributed by atoms with van der Waals surface area (Å²) in [6, 6.07) is 7.49. The van der Waals surface area contributed by atoms with Crippen molar-refractivity contribution in [2.75, 3.05) is 10.0 Å². The van der Waals surface area contributed by atoms with Gasteiger partial charge in [0.25, 0.3) is 10.0 Å². The number of halogens is 6. The Morgan fingerprint density at radius 1 is 0.914 bits per heavy atom. The van der Waals surface area contributed by atoms with Gasteiger partial charge in [0.2, 0.25) is 0 Å². The van der Waals surface area contributed by atoms with E-state index in [9.17, 15) is 39.6 Å². The van der Waals surface area contributed by atoms with Gasteiger partial charge in [0, 0.05) is 24.6 Å². The fraction of sp³-hybridized carbons (Fsp3) is 0.143. The highest BCUT2D eigenvalue weighted by molar-refractivity contribution is 7.92. The molecule has 0 saturated heterocycles. The number of anilines is 2. The van der Waals surface area contributed by atoms with Gasteiger partial charge in [-0.05, 0) is 54.1 Å². The molecule has 2 aromatic carbocycles. The molecule has 3 N–H and O–H groups in total. The zero-order valence-corrected chi connectivity index (χ0v) is 18.2. The van der Waals surface area contributed by atoms with Crippen LogP contribution in [0.2, 0.25) is 0 Å². The Balaban J connectivity index is 1.75. The van der Waals surface area contributed by atoms with Gasteiger partial charge in [-0.25, -0.2) is 13.2 Å². The average molecular weight is 518 g/mol. The monoisotopic (exact) mass is 518 g/mol. The van der Waals surface area contributed by atoms with E-state index >= 15 is 0 Å². The van der Waals surface area contributed by atoms with Crippen LogP contribution in [0.15, 0.2) is 71.9 Å². The van der Waals surface area contributed by atoms with Crippen molar-refractivity contribution in [3.05, 3.63) is 83.7 Å². The summed E-state index contributed by atoms with van der Waals surface area (Å²) in [5, 5.41) is 4.98. The number of pyridine rings is 1. The van der Waals surface area contributed by atoms with Crippen LogP contribution >= 0.6 is 0 Å². The average Bonchev–Trinajstić information content (AvgIpc) is 2.77. The fourth-order valence-electron chi connectivity index (χ4n) is 2.83. The second kappa shape index (κ2) is 9.82. The molecule has 7 nitrogen and oxygen atoms in total. The predicted octanol–water partition coefficient (Wildman–Crippen LogP) is 5.24. The summed E-state index contributed by atoms with van der Waals surface area (Å²) in [7, 11) is -4.70. The van der Waals surface area contributed by atoms with E-state index in [1.165, 1.54) is 0 Å². The summed E-state index contributed by atoms with van der Waals surface area (Å²) in [4.78, 5) is 15.3. The number of carbonyl (C=O) groups excluding carboxylic acids is 1. The molecule has 1 aromatic heterocycles. The van der Waals surface area contributed by atoms with E-state index in [2.05, 4.69) is 15.6 Å². The van der Waals surface area contributed by atoms with Gasteiger partial charge in [-0.15, -0.1) is 0 Å². The number of nitrogens with one attached hydrogen (secondary N) is 3. The van der Waals surface area contributed by atoms with E-state index in [-0.39, 0.29) is 30.4 Å². The van der Waals surface area contributed by atoms with E-state index in [4.69, 9.17) is 0 Å². The number of aromatic nitrogens is 1. The number of urea groups is 1. The maximum Gasteiger partial charge on any atom is 0.418 e. The third-order valence-electron chi connectivity index (χ3n) is 4.49. The van der Waals surface area contributed by atoms with Crippen molar-refractivity contribution in [1.82, 2.24) is 10.3 Å². The fourth-order valence-corrected chi connectivity index (χ4v) is 3.90. The van der Waals surface area contributed by atoms with Crippen LogP contribution in [0.4, 0.5) is 42.5 Å². The van der Waals surface area contributed by atoms with Crippen LogP contribution in [0.3, 0.4) is 0 Å². The van der Waals surface area contributed by atoms with Crippen molar-refractivity contribution in [3.8, 4) is 0 Å². The lowest BCUT2D eigenvalue weighted by molar-refractivity contribution is -0.140. The Kier molecular flexibility index (Phi) is 7.24. The molecular weight excluding hydrogens is 502 g/mol. The molecule has 186 valence electrons. The third-order valence-corrected chi connectivity index (χ3v) is 5.88. The molecule has 3 aromatic rings. The van der Waals surface area contributed by atoms with Crippen LogP contribution in [-0.4, -0.2) is 19.4 Å². The van der Waals surface area contributed by atoms with Crippen LogP contribution in [0.5, 0.6) is 0 Å². The lowest BCUT2D eigenvalue weighted by Crippen LogP contribution is -2.28. The molecule has 0 spiro atoms. The zero-order chi connectivity index (χ0) is 25.9. The zero-order valence-electron chi connectivity index (χ0n) is 17.4. The molecule has 0 aliphatic rings. The van der Waals surface area contributed by atoms with Gasteiger partial charge in [0.05, 0.1) is 21.7 Å². The topological polar surface area (TPSA) is 100 Å². The molecule has 0 aliphatic heterocycles. The van der Waals surface area contributed by atoms with Crippen molar-refractivity contribution in [2.45, 2.75) is 23.8 Å². The number of benzene rings is 2. The molecule has 0 atom stereocenters. The number of amides is 2. The predicted molar refractivity (Wildman–Crippen MR) is 114 cm³/mol. The van der Waals surface area contributed by atoms with Crippen molar-refractivity contribution in [3.63, 3.8) is 0 Å². The molecule has 3 rings (SSSR count). The molecule has 0 saturated carbocycles. The summed E-state index contributed by atoms with van der Waals surface area (Å²) in [5.74, 6) is 0. The van der Waals surface area contributed by atoms with E-state index in [1.807, 2.05) is 0 Å². The van der Waals surface area contributed by atoms with Crippen LogP contribution in [0.1, 0.15) is 16.7 Å². The van der Waals surface area contributed by atoms with Crippen LogP contribution in [0, 0.1) is 0 Å². The highest BCUT2D eigenvalue weighted by Crippen LogP contribution is 2.39. The minimum absolute atomic E-state index is 0.0723. The maximum atomic E-state index is 13.2. The molecule has 0 unspecified atom stereocenters. The van der Waals surface area contributed by atoms with Crippen LogP contribution in [0.25, 0.3) is 0 Å². The molecule has 0 radical (unpaired) electrons. The first kappa shape index (κ1) is 25.8. The lowest BCUT2D eigenvalue weighted by Gasteiger charge is -2.17. The Morgan fingerprint density at radius 2 is 1.60 bits per heavy atom. The summed E-state index contributed by atoms with van der Waals surface area (Å²) in [6.07, 6.45) is -7.00. The molecule has 35 heavy (non-hydrogen) atoms. The minimum Gasteiger partial charge on any atom is -0.334 e. The highest BCUT2D eigenvalue weighted by atomic mass is 32.2. The maximum absolute atomic E-state index is 13.2. The summed E-state index contributed by atoms with van der Waals surface area (Å²) < 4.78 is 105. The lowest BCUT2D eigenvalue weighted by atomic mass is 10.1. The summed E-state index contributed by atoms with van der Waals surface area (Å²) >= 11 is 0. The summed E-state index contributed by atoms with van der Waals surface area (Å²) in [6.45, 7) is 0.161. The largest absolute Gasteiger partial charge is 0.418 e. The number of hydrogen-bond donors (Lipinski definition) is 3. The second-order valence-corrected chi connectivity index (χ2v) is 8.74. The van der Waals surface area contributed by atoms with Gasteiger partial charge in [-0.3, -0.25) is 9.71 Å².